The van der Waals surface area contributed by atoms with Gasteiger partial charge in [-0.1, -0.05) is 153 Å². The van der Waals surface area contributed by atoms with Gasteiger partial charge >= 0.3 is 0 Å². The number of aliphatic hydroxyl groups is 2. The smallest absolute Gasteiger partial charge is 0.220 e. The highest BCUT2D eigenvalue weighted by Crippen LogP contribution is 2.13. The predicted molar refractivity (Wildman–Crippen MR) is 184 cm³/mol. The third kappa shape index (κ3) is 30.1. The molecule has 0 fully saturated rings. The fraction of sp³-hybridized carbons (Fsp3) is 0.816. The molecule has 0 saturated heterocycles. The Labute approximate surface area is 261 Å². The Kier molecular flexibility index (Phi) is 33.0. The maximum atomic E-state index is 12.3. The van der Waals surface area contributed by atoms with E-state index in [0.29, 0.717) is 6.42 Å². The number of hydrogen-bond donors (Lipinski definition) is 3. The zero-order valence-corrected chi connectivity index (χ0v) is 28.0. The number of unbranched alkanes of at least 4 members (excludes halogenated alkanes) is 21. The van der Waals surface area contributed by atoms with Gasteiger partial charge in [-0.15, -0.1) is 0 Å². The fourth-order valence-electron chi connectivity index (χ4n) is 5.25. The van der Waals surface area contributed by atoms with Crippen LogP contribution < -0.4 is 5.32 Å². The van der Waals surface area contributed by atoms with Gasteiger partial charge in [0.15, 0.2) is 0 Å². The normalized spacial score (nSPS) is 13.5. The largest absolute Gasteiger partial charge is 0.394 e. The molecule has 0 aromatic rings. The van der Waals surface area contributed by atoms with Crippen LogP contribution in [0.25, 0.3) is 0 Å². The molecule has 0 aliphatic heterocycles. The molecular formula is C38H71NO3. The molecule has 3 N–H and O–H groups in total. The van der Waals surface area contributed by atoms with E-state index in [1.807, 2.05) is 6.08 Å². The molecule has 42 heavy (non-hydrogen) atoms. The molecule has 0 aromatic heterocycles. The number of nitrogens with one attached hydrogen (secondary N) is 1. The summed E-state index contributed by atoms with van der Waals surface area (Å²) in [6.07, 6.45) is 43.7. The van der Waals surface area contributed by atoms with Crippen molar-refractivity contribution >= 4 is 5.91 Å². The lowest BCUT2D eigenvalue weighted by Gasteiger charge is -2.19. The van der Waals surface area contributed by atoms with Crippen LogP contribution in [0.5, 0.6) is 0 Å². The molecule has 0 aliphatic carbocycles. The third-order valence-electron chi connectivity index (χ3n) is 8.10. The van der Waals surface area contributed by atoms with Crippen LogP contribution in [0, 0.1) is 0 Å². The number of allylic oxidation sites excluding steroid dienone is 5. The van der Waals surface area contributed by atoms with Crippen molar-refractivity contribution in [2.75, 3.05) is 6.61 Å². The van der Waals surface area contributed by atoms with E-state index in [1.54, 1.807) is 6.08 Å². The Morgan fingerprint density at radius 2 is 0.929 bits per heavy atom. The number of amides is 1. The Morgan fingerprint density at radius 1 is 0.548 bits per heavy atom. The lowest BCUT2D eigenvalue weighted by molar-refractivity contribution is -0.123. The van der Waals surface area contributed by atoms with Crippen LogP contribution in [-0.2, 0) is 4.79 Å². The molecule has 0 saturated carbocycles. The van der Waals surface area contributed by atoms with Crippen molar-refractivity contribution in [2.45, 2.75) is 193 Å². The summed E-state index contributed by atoms with van der Waals surface area (Å²) in [6.45, 7) is 4.25. The first-order valence-electron chi connectivity index (χ1n) is 18.2. The zero-order chi connectivity index (χ0) is 30.8. The summed E-state index contributed by atoms with van der Waals surface area (Å²) >= 11 is 0. The number of carbonyl (C=O) groups is 1. The molecule has 4 nitrogen and oxygen atoms in total. The van der Waals surface area contributed by atoms with Crippen LogP contribution >= 0.6 is 0 Å². The molecule has 0 unspecified atom stereocenters. The quantitative estimate of drug-likeness (QED) is 0.0540. The van der Waals surface area contributed by atoms with Gasteiger partial charge < -0.3 is 15.5 Å². The van der Waals surface area contributed by atoms with Gasteiger partial charge in [-0.05, 0) is 57.8 Å². The molecular weight excluding hydrogens is 518 g/mol. The van der Waals surface area contributed by atoms with Gasteiger partial charge in [0.25, 0.3) is 0 Å². The van der Waals surface area contributed by atoms with E-state index in [0.717, 1.165) is 32.1 Å². The van der Waals surface area contributed by atoms with Crippen LogP contribution in [0.15, 0.2) is 36.5 Å². The topological polar surface area (TPSA) is 69.6 Å². The monoisotopic (exact) mass is 590 g/mol. The average molecular weight is 590 g/mol. The number of hydrogen-bond acceptors (Lipinski definition) is 3. The first-order chi connectivity index (χ1) is 20.7. The van der Waals surface area contributed by atoms with Gasteiger partial charge in [-0.25, -0.2) is 0 Å². The van der Waals surface area contributed by atoms with Gasteiger partial charge in [0.1, 0.15) is 0 Å². The highest BCUT2D eigenvalue weighted by Gasteiger charge is 2.17. The second-order valence-corrected chi connectivity index (χ2v) is 12.3. The highest BCUT2D eigenvalue weighted by molar-refractivity contribution is 5.76. The highest BCUT2D eigenvalue weighted by atomic mass is 16.3. The van der Waals surface area contributed by atoms with Gasteiger partial charge in [-0.2, -0.15) is 0 Å². The number of rotatable bonds is 32. The first-order valence-corrected chi connectivity index (χ1v) is 18.2. The maximum absolute atomic E-state index is 12.3. The minimum atomic E-state index is -0.859. The van der Waals surface area contributed by atoms with Crippen LogP contribution in [0.2, 0.25) is 0 Å². The van der Waals surface area contributed by atoms with E-state index < -0.39 is 12.1 Å². The van der Waals surface area contributed by atoms with Crippen molar-refractivity contribution in [1.82, 2.24) is 5.32 Å². The van der Waals surface area contributed by atoms with E-state index in [-0.39, 0.29) is 12.5 Å². The van der Waals surface area contributed by atoms with Crippen molar-refractivity contribution < 1.29 is 15.0 Å². The Morgan fingerprint density at radius 3 is 1.38 bits per heavy atom. The van der Waals surface area contributed by atoms with E-state index in [9.17, 15) is 15.0 Å². The molecule has 0 radical (unpaired) electrons. The number of carbonyl (C=O) groups excluding carboxylic acids is 1. The van der Waals surface area contributed by atoms with Crippen LogP contribution in [0.4, 0.5) is 0 Å². The SMILES string of the molecule is CCCCCCC/C=C/CC/C=C/[C@@H](O)[C@H](CO)NC(=O)CCCCCCCCCCC/C=C/CCCCCCCC. The van der Waals surface area contributed by atoms with E-state index >= 15 is 0 Å². The molecule has 0 rings (SSSR count). The fourth-order valence-corrected chi connectivity index (χ4v) is 5.25. The zero-order valence-electron chi connectivity index (χ0n) is 28.0. The van der Waals surface area contributed by atoms with Gasteiger partial charge in [0.05, 0.1) is 18.8 Å². The first kappa shape index (κ1) is 40.6. The molecule has 246 valence electrons. The van der Waals surface area contributed by atoms with E-state index in [1.165, 1.54) is 128 Å². The summed E-state index contributed by atoms with van der Waals surface area (Å²) in [6, 6.07) is -0.636. The van der Waals surface area contributed by atoms with Gasteiger partial charge in [0.2, 0.25) is 5.91 Å². The average Bonchev–Trinajstić information content (AvgIpc) is 2.99. The summed E-state index contributed by atoms with van der Waals surface area (Å²) in [7, 11) is 0. The molecule has 0 heterocycles. The molecule has 2 atom stereocenters. The van der Waals surface area contributed by atoms with Crippen molar-refractivity contribution in [3.63, 3.8) is 0 Å². The van der Waals surface area contributed by atoms with E-state index in [4.69, 9.17) is 0 Å². The minimum Gasteiger partial charge on any atom is -0.394 e. The van der Waals surface area contributed by atoms with Crippen LogP contribution in [0.3, 0.4) is 0 Å². The Hall–Kier alpha value is -1.39. The summed E-state index contributed by atoms with van der Waals surface area (Å²) in [4.78, 5) is 12.3. The van der Waals surface area contributed by atoms with Crippen molar-refractivity contribution in [2.24, 2.45) is 0 Å². The molecule has 0 aromatic carbocycles. The van der Waals surface area contributed by atoms with Crippen LogP contribution in [0.1, 0.15) is 181 Å². The third-order valence-corrected chi connectivity index (χ3v) is 8.10. The Balaban J connectivity index is 3.63. The molecule has 0 bridgehead atoms. The molecule has 4 heteroatoms. The standard InChI is InChI=1S/C38H71NO3/c1-3-5-7-9-11-13-15-16-17-18-19-20-21-22-24-26-28-30-32-34-38(42)39-36(35-40)37(41)33-31-29-27-25-23-14-12-10-8-6-4-2/h16-17,23,25,31,33,36-37,40-41H,3-15,18-22,24,26-30,32,34-35H2,1-2H3,(H,39,42)/b17-16+,25-23+,33-31+/t36-,37+/m0/s1. The second-order valence-electron chi connectivity index (χ2n) is 12.3. The van der Waals surface area contributed by atoms with Gasteiger partial charge in [-0.3, -0.25) is 4.79 Å². The lowest BCUT2D eigenvalue weighted by atomic mass is 10.0. The second kappa shape index (κ2) is 34.1. The van der Waals surface area contributed by atoms with Gasteiger partial charge in [0, 0.05) is 6.42 Å². The summed E-state index contributed by atoms with van der Waals surface area (Å²) in [5.74, 6) is -0.0793. The Bertz CT molecular complexity index is 642. The van der Waals surface area contributed by atoms with Crippen molar-refractivity contribution in [3.8, 4) is 0 Å². The minimum absolute atomic E-state index is 0.0793. The molecule has 0 aliphatic rings. The summed E-state index contributed by atoms with van der Waals surface area (Å²) in [5, 5.41) is 22.8. The van der Waals surface area contributed by atoms with Crippen molar-refractivity contribution in [1.29, 1.82) is 0 Å². The van der Waals surface area contributed by atoms with Crippen molar-refractivity contribution in [3.05, 3.63) is 36.5 Å². The van der Waals surface area contributed by atoms with E-state index in [2.05, 4.69) is 43.5 Å². The lowest BCUT2D eigenvalue weighted by Crippen LogP contribution is -2.45. The molecule has 0 spiro atoms. The molecule has 1 amide bonds. The summed E-state index contributed by atoms with van der Waals surface area (Å²) < 4.78 is 0. The number of aliphatic hydroxyl groups excluding tert-OH is 2. The summed E-state index contributed by atoms with van der Waals surface area (Å²) in [5.41, 5.74) is 0. The predicted octanol–water partition coefficient (Wildman–Crippen LogP) is 10.7. The van der Waals surface area contributed by atoms with Crippen LogP contribution in [-0.4, -0.2) is 34.9 Å². The maximum Gasteiger partial charge on any atom is 0.220 e.